The standard InChI is InChI=1S/C19H28ClN3/c1-5-8-16(13-23(6-2)7-3)22-18-11-14(4)21-19-12-15(20)9-10-17(18)19/h9-12,16H,5-8,13H2,1-4H3,(H,21,22). The van der Waals surface area contributed by atoms with Crippen molar-refractivity contribution in [2.24, 2.45) is 0 Å². The monoisotopic (exact) mass is 333 g/mol. The average Bonchev–Trinajstić information content (AvgIpc) is 2.51. The maximum atomic E-state index is 6.12. The highest BCUT2D eigenvalue weighted by molar-refractivity contribution is 6.31. The molecule has 0 saturated carbocycles. The molecule has 0 aliphatic heterocycles. The normalized spacial score (nSPS) is 12.8. The molecule has 0 aliphatic rings. The Labute approximate surface area is 145 Å². The minimum Gasteiger partial charge on any atom is -0.380 e. The highest BCUT2D eigenvalue weighted by Crippen LogP contribution is 2.27. The summed E-state index contributed by atoms with van der Waals surface area (Å²) >= 11 is 6.12. The Balaban J connectivity index is 2.30. The van der Waals surface area contributed by atoms with Gasteiger partial charge in [-0.3, -0.25) is 4.98 Å². The molecular formula is C19H28ClN3. The van der Waals surface area contributed by atoms with E-state index in [4.69, 9.17) is 11.6 Å². The summed E-state index contributed by atoms with van der Waals surface area (Å²) in [6, 6.07) is 8.52. The van der Waals surface area contributed by atoms with Gasteiger partial charge in [-0.2, -0.15) is 0 Å². The number of nitrogens with zero attached hydrogens (tertiary/aromatic N) is 2. The van der Waals surface area contributed by atoms with E-state index in [1.807, 2.05) is 19.1 Å². The number of pyridine rings is 1. The number of aryl methyl sites for hydroxylation is 1. The van der Waals surface area contributed by atoms with Crippen molar-refractivity contribution in [3.05, 3.63) is 35.0 Å². The Morgan fingerprint density at radius 2 is 1.91 bits per heavy atom. The molecule has 0 bridgehead atoms. The fraction of sp³-hybridized carbons (Fsp3) is 0.526. The Hall–Kier alpha value is -1.32. The van der Waals surface area contributed by atoms with Gasteiger partial charge in [0, 0.05) is 34.4 Å². The fourth-order valence-corrected chi connectivity index (χ4v) is 3.19. The van der Waals surface area contributed by atoms with Gasteiger partial charge in [0.15, 0.2) is 0 Å². The predicted molar refractivity (Wildman–Crippen MR) is 102 cm³/mol. The van der Waals surface area contributed by atoms with Gasteiger partial charge in [0.05, 0.1) is 5.52 Å². The number of halogens is 1. The molecule has 1 atom stereocenters. The van der Waals surface area contributed by atoms with Gasteiger partial charge in [0.1, 0.15) is 0 Å². The lowest BCUT2D eigenvalue weighted by molar-refractivity contribution is 0.284. The lowest BCUT2D eigenvalue weighted by atomic mass is 10.1. The summed E-state index contributed by atoms with van der Waals surface area (Å²) in [6.45, 7) is 12.0. The summed E-state index contributed by atoms with van der Waals surface area (Å²) < 4.78 is 0. The smallest absolute Gasteiger partial charge is 0.0740 e. The van der Waals surface area contributed by atoms with Crippen LogP contribution in [0.3, 0.4) is 0 Å². The molecule has 2 aromatic rings. The van der Waals surface area contributed by atoms with Crippen LogP contribution in [0.15, 0.2) is 24.3 Å². The van der Waals surface area contributed by atoms with Crippen LogP contribution in [0.2, 0.25) is 5.02 Å². The molecule has 1 aromatic carbocycles. The molecule has 0 saturated heterocycles. The van der Waals surface area contributed by atoms with Crippen LogP contribution < -0.4 is 5.32 Å². The van der Waals surface area contributed by atoms with Crippen LogP contribution in [0.25, 0.3) is 10.9 Å². The van der Waals surface area contributed by atoms with Gasteiger partial charge in [-0.15, -0.1) is 0 Å². The van der Waals surface area contributed by atoms with Crippen LogP contribution in [-0.4, -0.2) is 35.6 Å². The van der Waals surface area contributed by atoms with E-state index in [0.29, 0.717) is 6.04 Å². The number of likely N-dealkylation sites (N-methyl/N-ethyl adjacent to an activating group) is 1. The molecule has 0 spiro atoms. The predicted octanol–water partition coefficient (Wildman–Crippen LogP) is 5.12. The number of nitrogens with one attached hydrogen (secondary N) is 1. The van der Waals surface area contributed by atoms with Crippen LogP contribution in [0.1, 0.15) is 39.3 Å². The van der Waals surface area contributed by atoms with Crippen molar-refractivity contribution in [3.8, 4) is 0 Å². The van der Waals surface area contributed by atoms with E-state index < -0.39 is 0 Å². The van der Waals surface area contributed by atoms with E-state index in [-0.39, 0.29) is 0 Å². The number of anilines is 1. The summed E-state index contributed by atoms with van der Waals surface area (Å²) in [4.78, 5) is 7.08. The summed E-state index contributed by atoms with van der Waals surface area (Å²) in [6.07, 6.45) is 2.33. The first-order chi connectivity index (χ1) is 11.1. The van der Waals surface area contributed by atoms with Crippen molar-refractivity contribution in [1.29, 1.82) is 0 Å². The lowest BCUT2D eigenvalue weighted by Gasteiger charge is -2.27. The minimum absolute atomic E-state index is 0.445. The maximum absolute atomic E-state index is 6.12. The molecule has 1 N–H and O–H groups in total. The first-order valence-electron chi connectivity index (χ1n) is 8.63. The van der Waals surface area contributed by atoms with Crippen molar-refractivity contribution in [1.82, 2.24) is 9.88 Å². The molecule has 0 aliphatic carbocycles. The van der Waals surface area contributed by atoms with Crippen LogP contribution >= 0.6 is 11.6 Å². The van der Waals surface area contributed by atoms with Crippen LogP contribution in [0.5, 0.6) is 0 Å². The third kappa shape index (κ3) is 4.82. The SMILES string of the molecule is CCCC(CN(CC)CC)Nc1cc(C)nc2cc(Cl)ccc12. The molecule has 23 heavy (non-hydrogen) atoms. The van der Waals surface area contributed by atoms with E-state index in [9.17, 15) is 0 Å². The van der Waals surface area contributed by atoms with Crippen molar-refractivity contribution in [2.45, 2.75) is 46.6 Å². The van der Waals surface area contributed by atoms with E-state index >= 15 is 0 Å². The van der Waals surface area contributed by atoms with E-state index in [2.05, 4.69) is 48.1 Å². The van der Waals surface area contributed by atoms with Gasteiger partial charge in [0.25, 0.3) is 0 Å². The second-order valence-electron chi connectivity index (χ2n) is 6.09. The highest BCUT2D eigenvalue weighted by atomic mass is 35.5. The van der Waals surface area contributed by atoms with Crippen molar-refractivity contribution >= 4 is 28.2 Å². The highest BCUT2D eigenvalue weighted by Gasteiger charge is 2.14. The van der Waals surface area contributed by atoms with Crippen molar-refractivity contribution < 1.29 is 0 Å². The molecule has 0 fully saturated rings. The van der Waals surface area contributed by atoms with Crippen LogP contribution in [0.4, 0.5) is 5.69 Å². The van der Waals surface area contributed by atoms with Gasteiger partial charge in [-0.05, 0) is 50.7 Å². The number of rotatable bonds is 8. The Kier molecular flexibility index (Phi) is 6.67. The Morgan fingerprint density at radius 1 is 1.17 bits per heavy atom. The molecule has 1 heterocycles. The van der Waals surface area contributed by atoms with E-state index in [1.165, 1.54) is 6.42 Å². The van der Waals surface area contributed by atoms with Crippen LogP contribution in [0, 0.1) is 6.92 Å². The first-order valence-corrected chi connectivity index (χ1v) is 9.00. The van der Waals surface area contributed by atoms with Gasteiger partial charge >= 0.3 is 0 Å². The minimum atomic E-state index is 0.445. The molecule has 0 amide bonds. The number of aromatic nitrogens is 1. The number of fused-ring (bicyclic) bond motifs is 1. The molecule has 0 radical (unpaired) electrons. The second-order valence-corrected chi connectivity index (χ2v) is 6.52. The van der Waals surface area contributed by atoms with Crippen molar-refractivity contribution in [2.75, 3.05) is 25.0 Å². The molecule has 3 nitrogen and oxygen atoms in total. The molecule has 126 valence electrons. The first kappa shape index (κ1) is 18.0. The van der Waals surface area contributed by atoms with Gasteiger partial charge < -0.3 is 10.2 Å². The lowest BCUT2D eigenvalue weighted by Crippen LogP contribution is -2.36. The third-order valence-corrected chi connectivity index (χ3v) is 4.50. The molecule has 1 unspecified atom stereocenters. The molecule has 2 rings (SSSR count). The van der Waals surface area contributed by atoms with E-state index in [1.54, 1.807) is 0 Å². The summed E-state index contributed by atoms with van der Waals surface area (Å²) in [5, 5.41) is 5.63. The molecular weight excluding hydrogens is 306 g/mol. The zero-order valence-corrected chi connectivity index (χ0v) is 15.5. The molecule has 1 aromatic heterocycles. The quantitative estimate of drug-likeness (QED) is 0.726. The van der Waals surface area contributed by atoms with Crippen molar-refractivity contribution in [3.63, 3.8) is 0 Å². The zero-order valence-electron chi connectivity index (χ0n) is 14.7. The maximum Gasteiger partial charge on any atom is 0.0740 e. The average molecular weight is 334 g/mol. The van der Waals surface area contributed by atoms with Gasteiger partial charge in [-0.1, -0.05) is 38.8 Å². The molecule has 4 heteroatoms. The number of hydrogen-bond acceptors (Lipinski definition) is 3. The second kappa shape index (κ2) is 8.51. The third-order valence-electron chi connectivity index (χ3n) is 4.27. The summed E-state index contributed by atoms with van der Waals surface area (Å²) in [5.74, 6) is 0. The van der Waals surface area contributed by atoms with Crippen LogP contribution in [-0.2, 0) is 0 Å². The fourth-order valence-electron chi connectivity index (χ4n) is 3.02. The Bertz CT molecular complexity index is 633. The largest absolute Gasteiger partial charge is 0.380 e. The zero-order chi connectivity index (χ0) is 16.8. The van der Waals surface area contributed by atoms with Gasteiger partial charge in [0.2, 0.25) is 0 Å². The number of benzene rings is 1. The topological polar surface area (TPSA) is 28.2 Å². The number of hydrogen-bond donors (Lipinski definition) is 1. The summed E-state index contributed by atoms with van der Waals surface area (Å²) in [5.41, 5.74) is 3.13. The van der Waals surface area contributed by atoms with Gasteiger partial charge in [-0.25, -0.2) is 0 Å². The Morgan fingerprint density at radius 3 is 2.57 bits per heavy atom. The van der Waals surface area contributed by atoms with E-state index in [0.717, 1.165) is 53.4 Å². The summed E-state index contributed by atoms with van der Waals surface area (Å²) in [7, 11) is 0.